The summed E-state index contributed by atoms with van der Waals surface area (Å²) in [6.07, 6.45) is 13.4. The van der Waals surface area contributed by atoms with E-state index in [9.17, 15) is 14.4 Å². The number of hydrogen-bond donors (Lipinski definition) is 4. The summed E-state index contributed by atoms with van der Waals surface area (Å²) in [6, 6.07) is 31.5. The summed E-state index contributed by atoms with van der Waals surface area (Å²) in [5.41, 5.74) is 2.37. The normalized spacial score (nSPS) is 17.0. The number of para-hydroxylation sites is 2. The highest BCUT2D eigenvalue weighted by Gasteiger charge is 2.32. The lowest BCUT2D eigenvalue weighted by atomic mass is 9.86. The second-order valence-electron chi connectivity index (χ2n) is 14.5. The first-order valence-electron chi connectivity index (χ1n) is 19.3. The number of likely N-dealkylation sites (tertiary alicyclic amines) is 1. The van der Waals surface area contributed by atoms with Crippen molar-refractivity contribution in [3.63, 3.8) is 0 Å². The van der Waals surface area contributed by atoms with Gasteiger partial charge in [0.25, 0.3) is 0 Å². The molecule has 0 unspecified atom stereocenters. The van der Waals surface area contributed by atoms with E-state index in [0.29, 0.717) is 18.7 Å². The second-order valence-corrected chi connectivity index (χ2v) is 14.5. The summed E-state index contributed by atoms with van der Waals surface area (Å²) >= 11 is 0. The van der Waals surface area contributed by atoms with Gasteiger partial charge in [-0.25, -0.2) is 14.4 Å². The van der Waals surface area contributed by atoms with E-state index in [0.717, 1.165) is 53.9 Å². The maximum absolute atomic E-state index is 14.3. The van der Waals surface area contributed by atoms with Crippen molar-refractivity contribution in [3.05, 3.63) is 109 Å². The number of rotatable bonds is 14. The number of anilines is 2. The van der Waals surface area contributed by atoms with Crippen LogP contribution in [0.25, 0.3) is 10.8 Å². The zero-order chi connectivity index (χ0) is 36.0. The first kappa shape index (κ1) is 36.9. The fourth-order valence-electron chi connectivity index (χ4n) is 7.93. The van der Waals surface area contributed by atoms with Crippen molar-refractivity contribution >= 4 is 40.2 Å². The van der Waals surface area contributed by atoms with Gasteiger partial charge in [0.15, 0.2) is 0 Å². The van der Waals surface area contributed by atoms with E-state index >= 15 is 0 Å². The van der Waals surface area contributed by atoms with Crippen LogP contribution in [0.15, 0.2) is 103 Å². The quantitative estimate of drug-likeness (QED) is 0.0985. The molecule has 4 aromatic rings. The monoisotopic (exact) mass is 702 g/mol. The van der Waals surface area contributed by atoms with Crippen LogP contribution >= 0.6 is 0 Å². The zero-order valence-corrected chi connectivity index (χ0v) is 30.3. The third-order valence-electron chi connectivity index (χ3n) is 10.7. The molecule has 0 radical (unpaired) electrons. The fourth-order valence-corrected chi connectivity index (χ4v) is 7.93. The third-order valence-corrected chi connectivity index (χ3v) is 10.7. The summed E-state index contributed by atoms with van der Waals surface area (Å²) < 4.78 is 0. The molecule has 0 spiro atoms. The highest BCUT2D eigenvalue weighted by Crippen LogP contribution is 2.28. The Hall–Kier alpha value is -4.89. The van der Waals surface area contributed by atoms with Crippen LogP contribution in [0.2, 0.25) is 0 Å². The average molecular weight is 703 g/mol. The Morgan fingerprint density at radius 1 is 0.712 bits per heavy atom. The number of fused-ring (bicyclic) bond motifs is 1. The number of amides is 6. The van der Waals surface area contributed by atoms with Gasteiger partial charge < -0.3 is 20.9 Å². The van der Waals surface area contributed by atoms with Crippen LogP contribution in [0.4, 0.5) is 25.8 Å². The summed E-state index contributed by atoms with van der Waals surface area (Å²) in [5.74, 6) is 0.894. The van der Waals surface area contributed by atoms with Crippen molar-refractivity contribution < 1.29 is 14.4 Å². The summed E-state index contributed by atoms with van der Waals surface area (Å²) in [5, 5.41) is 13.4. The van der Waals surface area contributed by atoms with Crippen LogP contribution in [0.3, 0.4) is 0 Å². The van der Waals surface area contributed by atoms with Crippen molar-refractivity contribution in [2.75, 3.05) is 36.8 Å². The molecule has 4 aromatic carbocycles. The minimum Gasteiger partial charge on any atom is -0.336 e. The molecule has 2 fully saturated rings. The Kier molecular flexibility index (Phi) is 13.5. The summed E-state index contributed by atoms with van der Waals surface area (Å²) in [7, 11) is 0. The van der Waals surface area contributed by atoms with Crippen molar-refractivity contribution in [3.8, 4) is 0 Å². The summed E-state index contributed by atoms with van der Waals surface area (Å²) in [6.45, 7) is 2.78. The third kappa shape index (κ3) is 11.1. The standard InChI is InChI=1S/C43H54N6O3/c50-41(47-42(51)45-37-20-6-2-7-21-37)44-31-40(30-34-25-26-35-18-10-11-19-36(35)29-34)49(43(52)46-38-22-8-3-9-23-38)32-39-24-14-28-48(39)27-13-12-17-33-15-4-1-5-16-33/h2-3,6-11,18-23,25-26,29,33,39-40H,1,4-5,12-17,24,27-28,30-32H2,(H,46,52)(H3,44,45,47,50,51)/t39-,40-/m1/s1. The average Bonchev–Trinajstić information content (AvgIpc) is 3.62. The molecule has 0 bridgehead atoms. The van der Waals surface area contributed by atoms with Crippen LogP contribution in [0.5, 0.6) is 0 Å². The first-order valence-corrected chi connectivity index (χ1v) is 19.3. The van der Waals surface area contributed by atoms with E-state index in [1.165, 1.54) is 51.4 Å². The molecule has 4 N–H and O–H groups in total. The van der Waals surface area contributed by atoms with Crippen LogP contribution in [0, 0.1) is 5.92 Å². The summed E-state index contributed by atoms with van der Waals surface area (Å²) in [4.78, 5) is 44.5. The van der Waals surface area contributed by atoms with E-state index < -0.39 is 12.1 Å². The number of urea groups is 3. The highest BCUT2D eigenvalue weighted by molar-refractivity contribution is 6.00. The maximum Gasteiger partial charge on any atom is 0.327 e. The minimum absolute atomic E-state index is 0.160. The van der Waals surface area contributed by atoms with E-state index in [2.05, 4.69) is 56.5 Å². The fraction of sp³-hybridized carbons (Fsp3) is 0.419. The molecule has 274 valence electrons. The van der Waals surface area contributed by atoms with Gasteiger partial charge in [-0.05, 0) is 85.3 Å². The number of hydrogen-bond acceptors (Lipinski definition) is 4. The molecule has 52 heavy (non-hydrogen) atoms. The van der Waals surface area contributed by atoms with Gasteiger partial charge in [-0.1, -0.05) is 124 Å². The van der Waals surface area contributed by atoms with Crippen molar-refractivity contribution in [2.45, 2.75) is 82.7 Å². The first-order chi connectivity index (χ1) is 25.5. The topological polar surface area (TPSA) is 106 Å². The predicted octanol–water partition coefficient (Wildman–Crippen LogP) is 9.03. The molecule has 1 saturated heterocycles. The molecule has 2 aliphatic rings. The molecule has 0 aromatic heterocycles. The molecule has 9 nitrogen and oxygen atoms in total. The van der Waals surface area contributed by atoms with Gasteiger partial charge in [-0.3, -0.25) is 10.2 Å². The van der Waals surface area contributed by atoms with Gasteiger partial charge in [-0.2, -0.15) is 0 Å². The van der Waals surface area contributed by atoms with Crippen LogP contribution in [0.1, 0.15) is 69.8 Å². The molecule has 1 aliphatic carbocycles. The van der Waals surface area contributed by atoms with Gasteiger partial charge >= 0.3 is 18.1 Å². The number of benzene rings is 4. The Labute approximate surface area is 308 Å². The molecule has 6 rings (SSSR count). The Morgan fingerprint density at radius 3 is 2.15 bits per heavy atom. The largest absolute Gasteiger partial charge is 0.336 e. The van der Waals surface area contributed by atoms with Crippen molar-refractivity contribution in [2.24, 2.45) is 5.92 Å². The van der Waals surface area contributed by atoms with E-state index in [-0.39, 0.29) is 24.7 Å². The maximum atomic E-state index is 14.3. The van der Waals surface area contributed by atoms with Crippen LogP contribution in [-0.4, -0.2) is 66.2 Å². The molecule has 6 amide bonds. The Bertz CT molecular complexity index is 1730. The number of carbonyl (C=O) groups is 3. The molecule has 9 heteroatoms. The second kappa shape index (κ2) is 19.1. The lowest BCUT2D eigenvalue weighted by Crippen LogP contribution is -2.55. The van der Waals surface area contributed by atoms with Gasteiger partial charge in [0, 0.05) is 30.5 Å². The molecule has 2 atom stereocenters. The smallest absolute Gasteiger partial charge is 0.327 e. The van der Waals surface area contributed by atoms with Crippen LogP contribution < -0.4 is 21.3 Å². The molecular formula is C43H54N6O3. The lowest BCUT2D eigenvalue weighted by Gasteiger charge is -2.36. The van der Waals surface area contributed by atoms with Gasteiger partial charge in [-0.15, -0.1) is 0 Å². The number of imide groups is 1. The van der Waals surface area contributed by atoms with Gasteiger partial charge in [0.2, 0.25) is 0 Å². The number of nitrogens with zero attached hydrogens (tertiary/aromatic N) is 2. The van der Waals surface area contributed by atoms with Crippen molar-refractivity contribution in [1.29, 1.82) is 0 Å². The Balaban J connectivity index is 1.18. The van der Waals surface area contributed by atoms with Gasteiger partial charge in [0.1, 0.15) is 0 Å². The molecule has 1 heterocycles. The molecule has 1 aliphatic heterocycles. The molecule has 1 saturated carbocycles. The lowest BCUT2D eigenvalue weighted by molar-refractivity contribution is 0.146. The molecular weight excluding hydrogens is 649 g/mol. The minimum atomic E-state index is -0.626. The Morgan fingerprint density at radius 2 is 1.40 bits per heavy atom. The van der Waals surface area contributed by atoms with Crippen LogP contribution in [-0.2, 0) is 6.42 Å². The number of carbonyl (C=O) groups excluding carboxylic acids is 3. The predicted molar refractivity (Wildman–Crippen MR) is 211 cm³/mol. The zero-order valence-electron chi connectivity index (χ0n) is 30.3. The van der Waals surface area contributed by atoms with Gasteiger partial charge in [0.05, 0.1) is 6.04 Å². The van der Waals surface area contributed by atoms with E-state index in [4.69, 9.17) is 0 Å². The van der Waals surface area contributed by atoms with E-state index in [1.54, 1.807) is 12.1 Å². The van der Waals surface area contributed by atoms with Crippen molar-refractivity contribution in [1.82, 2.24) is 20.4 Å². The number of unbranched alkanes of at least 4 members (excludes halogenated alkanes) is 1. The highest BCUT2D eigenvalue weighted by atomic mass is 16.2. The SMILES string of the molecule is O=C(NC[C@@H](Cc1ccc2ccccc2c1)N(C[C@H]1CCCN1CCCCC1CCCCC1)C(=O)Nc1ccccc1)NC(=O)Nc1ccccc1. The number of nitrogens with one attached hydrogen (secondary N) is 4. The van der Waals surface area contributed by atoms with E-state index in [1.807, 2.05) is 65.6 Å².